The molecule has 0 saturated carbocycles. The smallest absolute Gasteiger partial charge is 0.254 e. The van der Waals surface area contributed by atoms with Crippen molar-refractivity contribution >= 4 is 16.8 Å². The van der Waals surface area contributed by atoms with E-state index in [1.165, 1.54) is 0 Å². The summed E-state index contributed by atoms with van der Waals surface area (Å²) in [6.45, 7) is 0. The summed E-state index contributed by atoms with van der Waals surface area (Å²) in [7, 11) is 0. The molecule has 1 amide bonds. The van der Waals surface area contributed by atoms with Gasteiger partial charge in [0.05, 0.1) is 6.04 Å². The zero-order chi connectivity index (χ0) is 12.8. The Morgan fingerprint density at radius 1 is 1.26 bits per heavy atom. The van der Waals surface area contributed by atoms with Crippen molar-refractivity contribution in [3.8, 4) is 0 Å². The van der Waals surface area contributed by atoms with Crippen molar-refractivity contribution in [1.29, 1.82) is 0 Å². The minimum atomic E-state index is 0.174. The van der Waals surface area contributed by atoms with E-state index in [4.69, 9.17) is 0 Å². The highest BCUT2D eigenvalue weighted by atomic mass is 16.2. The topological polar surface area (TPSA) is 36.1 Å². The van der Waals surface area contributed by atoms with Crippen molar-refractivity contribution in [3.05, 3.63) is 48.2 Å². The van der Waals surface area contributed by atoms with Gasteiger partial charge in [-0.15, -0.1) is 0 Å². The van der Waals surface area contributed by atoms with Gasteiger partial charge < -0.3 is 9.88 Å². The predicted molar refractivity (Wildman–Crippen MR) is 75.0 cm³/mol. The first-order valence-corrected chi connectivity index (χ1v) is 6.89. The third-order valence-electron chi connectivity index (χ3n) is 4.35. The molecule has 0 aliphatic carbocycles. The highest BCUT2D eigenvalue weighted by Gasteiger charge is 2.37. The van der Waals surface area contributed by atoms with E-state index in [1.54, 1.807) is 0 Å². The molecule has 1 fully saturated rings. The number of nitrogens with one attached hydrogen (secondary N) is 1. The van der Waals surface area contributed by atoms with Crippen LogP contribution in [0.1, 0.15) is 29.6 Å². The Kier molecular flexibility index (Phi) is 2.28. The molecule has 2 atom stereocenters. The maximum Gasteiger partial charge on any atom is 0.254 e. The summed E-state index contributed by atoms with van der Waals surface area (Å²) in [6.07, 6.45) is 9.57. The number of aromatic amines is 1. The maximum atomic E-state index is 12.7. The van der Waals surface area contributed by atoms with Gasteiger partial charge in [-0.3, -0.25) is 4.79 Å². The summed E-state index contributed by atoms with van der Waals surface area (Å²) in [5.74, 6) is 0.174. The van der Waals surface area contributed by atoms with E-state index in [2.05, 4.69) is 22.0 Å². The van der Waals surface area contributed by atoms with E-state index in [-0.39, 0.29) is 5.91 Å². The highest BCUT2D eigenvalue weighted by molar-refractivity contribution is 5.98. The average molecular weight is 252 g/mol. The third kappa shape index (κ3) is 1.61. The van der Waals surface area contributed by atoms with Crippen LogP contribution in [0.15, 0.2) is 42.6 Å². The van der Waals surface area contributed by atoms with Crippen LogP contribution in [0.25, 0.3) is 10.9 Å². The monoisotopic (exact) mass is 252 g/mol. The first-order chi connectivity index (χ1) is 9.33. The van der Waals surface area contributed by atoms with E-state index in [0.717, 1.165) is 35.7 Å². The van der Waals surface area contributed by atoms with Crippen LogP contribution in [0, 0.1) is 0 Å². The van der Waals surface area contributed by atoms with Crippen molar-refractivity contribution in [3.63, 3.8) is 0 Å². The molecule has 96 valence electrons. The predicted octanol–water partition coefficient (Wildman–Crippen LogP) is 3.10. The summed E-state index contributed by atoms with van der Waals surface area (Å²) < 4.78 is 0. The summed E-state index contributed by atoms with van der Waals surface area (Å²) >= 11 is 0. The van der Waals surface area contributed by atoms with Gasteiger partial charge in [0.1, 0.15) is 0 Å². The van der Waals surface area contributed by atoms with Crippen molar-refractivity contribution < 1.29 is 4.79 Å². The first kappa shape index (κ1) is 10.9. The minimum Gasteiger partial charge on any atom is -0.361 e. The molecule has 2 aliphatic rings. The number of benzene rings is 1. The number of hydrogen-bond acceptors (Lipinski definition) is 1. The quantitative estimate of drug-likeness (QED) is 0.778. The molecular formula is C16H16N2O. The minimum absolute atomic E-state index is 0.174. The van der Waals surface area contributed by atoms with Crippen LogP contribution in [0.2, 0.25) is 0 Å². The lowest BCUT2D eigenvalue weighted by Crippen LogP contribution is -2.42. The lowest BCUT2D eigenvalue weighted by atomic mass is 10.1. The van der Waals surface area contributed by atoms with Gasteiger partial charge in [-0.05, 0) is 42.8 Å². The fraction of sp³-hybridized carbons (Fsp3) is 0.312. The van der Waals surface area contributed by atoms with Crippen LogP contribution in [-0.2, 0) is 0 Å². The number of aromatic nitrogens is 1. The Labute approximate surface area is 111 Å². The van der Waals surface area contributed by atoms with E-state index < -0.39 is 0 Å². The third-order valence-corrected chi connectivity index (χ3v) is 4.35. The molecule has 19 heavy (non-hydrogen) atoms. The largest absolute Gasteiger partial charge is 0.361 e. The van der Waals surface area contributed by atoms with Crippen LogP contribution in [0.3, 0.4) is 0 Å². The molecule has 3 nitrogen and oxygen atoms in total. The summed E-state index contributed by atoms with van der Waals surface area (Å²) in [5, 5.41) is 1.15. The maximum absolute atomic E-state index is 12.7. The first-order valence-electron chi connectivity index (χ1n) is 6.89. The average Bonchev–Trinajstić information content (AvgIpc) is 2.99. The fourth-order valence-corrected chi connectivity index (χ4v) is 3.37. The number of amides is 1. The highest BCUT2D eigenvalue weighted by Crippen LogP contribution is 2.33. The normalized spacial score (nSPS) is 25.2. The summed E-state index contributed by atoms with van der Waals surface area (Å²) in [4.78, 5) is 17.9. The number of carbonyl (C=O) groups excluding carboxylic acids is 1. The Morgan fingerprint density at radius 2 is 2.21 bits per heavy atom. The Morgan fingerprint density at radius 3 is 3.11 bits per heavy atom. The van der Waals surface area contributed by atoms with Gasteiger partial charge in [0, 0.05) is 23.3 Å². The van der Waals surface area contributed by atoms with Crippen molar-refractivity contribution in [2.45, 2.75) is 31.3 Å². The van der Waals surface area contributed by atoms with Crippen molar-refractivity contribution in [2.24, 2.45) is 0 Å². The Hall–Kier alpha value is -2.03. The van der Waals surface area contributed by atoms with Gasteiger partial charge in [-0.2, -0.15) is 0 Å². The Balaban J connectivity index is 1.71. The van der Waals surface area contributed by atoms with Crippen molar-refractivity contribution in [2.75, 3.05) is 0 Å². The fourth-order valence-electron chi connectivity index (χ4n) is 3.37. The molecule has 0 spiro atoms. The van der Waals surface area contributed by atoms with Crippen LogP contribution in [0.5, 0.6) is 0 Å². The zero-order valence-electron chi connectivity index (χ0n) is 10.7. The number of hydrogen-bond donors (Lipinski definition) is 1. The lowest BCUT2D eigenvalue weighted by molar-refractivity contribution is 0.0689. The van der Waals surface area contributed by atoms with Crippen LogP contribution in [-0.4, -0.2) is 27.9 Å². The van der Waals surface area contributed by atoms with Gasteiger partial charge >= 0.3 is 0 Å². The van der Waals surface area contributed by atoms with Crippen LogP contribution >= 0.6 is 0 Å². The number of rotatable bonds is 1. The van der Waals surface area contributed by atoms with Gasteiger partial charge in [0.2, 0.25) is 0 Å². The molecule has 1 saturated heterocycles. The van der Waals surface area contributed by atoms with E-state index >= 15 is 0 Å². The molecule has 4 rings (SSSR count). The molecule has 2 bridgehead atoms. The van der Waals surface area contributed by atoms with E-state index in [1.807, 2.05) is 30.5 Å². The molecule has 1 aromatic heterocycles. The summed E-state index contributed by atoms with van der Waals surface area (Å²) in [6, 6.07) is 8.66. The molecule has 2 unspecified atom stereocenters. The number of fused-ring (bicyclic) bond motifs is 3. The molecule has 2 aliphatic heterocycles. The number of H-pyrrole nitrogens is 1. The van der Waals surface area contributed by atoms with E-state index in [0.29, 0.717) is 12.1 Å². The summed E-state index contributed by atoms with van der Waals surface area (Å²) in [5.41, 5.74) is 1.83. The number of nitrogens with zero attached hydrogens (tertiary/aromatic N) is 1. The Bertz CT molecular complexity index is 670. The molecule has 3 heteroatoms. The standard InChI is InChI=1S/C16H16N2O/c19-16(18-13-2-1-3-14(18)7-6-13)12-5-4-11-8-9-17-15(11)10-12/h1-2,4-5,8-10,13-14,17H,3,6-7H2. The molecule has 1 aromatic carbocycles. The second-order valence-electron chi connectivity index (χ2n) is 5.45. The zero-order valence-corrected chi connectivity index (χ0v) is 10.7. The lowest BCUT2D eigenvalue weighted by Gasteiger charge is -2.31. The van der Waals surface area contributed by atoms with Crippen LogP contribution in [0.4, 0.5) is 0 Å². The molecule has 1 N–H and O–H groups in total. The second-order valence-corrected chi connectivity index (χ2v) is 5.45. The van der Waals surface area contributed by atoms with Gasteiger partial charge in [0.15, 0.2) is 0 Å². The molecule has 2 aromatic rings. The second kappa shape index (κ2) is 3.98. The SMILES string of the molecule is O=C(c1ccc2cc[nH]c2c1)N1C2C=CCC1CC2. The van der Waals surface area contributed by atoms with Gasteiger partial charge in [-0.25, -0.2) is 0 Å². The van der Waals surface area contributed by atoms with Gasteiger partial charge in [0.25, 0.3) is 5.91 Å². The van der Waals surface area contributed by atoms with E-state index in [9.17, 15) is 4.79 Å². The van der Waals surface area contributed by atoms with Crippen molar-refractivity contribution in [1.82, 2.24) is 9.88 Å². The van der Waals surface area contributed by atoms with Gasteiger partial charge in [-0.1, -0.05) is 18.2 Å². The van der Waals surface area contributed by atoms with Crippen LogP contribution < -0.4 is 0 Å². The number of carbonyl (C=O) groups is 1. The molecular weight excluding hydrogens is 236 g/mol. The molecule has 0 radical (unpaired) electrons. The molecule has 3 heterocycles.